The number of aldehydes is 1. The maximum Gasteiger partial charge on any atom is 0.329 e. The molecule has 0 radical (unpaired) electrons. The predicted molar refractivity (Wildman–Crippen MR) is 120 cm³/mol. The number of nitrogens with one attached hydrogen (secondary N) is 1. The van der Waals surface area contributed by atoms with Gasteiger partial charge in [-0.15, -0.1) is 0 Å². The lowest BCUT2D eigenvalue weighted by atomic mass is 10.1. The Morgan fingerprint density at radius 2 is 1.83 bits per heavy atom. The third-order valence-electron chi connectivity index (χ3n) is 5.32. The third kappa shape index (κ3) is 4.95. The molecule has 1 aromatic carbocycles. The van der Waals surface area contributed by atoms with Crippen molar-refractivity contribution in [2.45, 2.75) is 19.4 Å². The lowest BCUT2D eigenvalue weighted by Gasteiger charge is -2.28. The van der Waals surface area contributed by atoms with Gasteiger partial charge < -0.3 is 14.2 Å². The molecule has 3 aromatic rings. The van der Waals surface area contributed by atoms with Gasteiger partial charge in [0.25, 0.3) is 0 Å². The zero-order valence-electron chi connectivity index (χ0n) is 18.9. The van der Waals surface area contributed by atoms with Crippen LogP contribution in [0, 0.1) is 11.6 Å². The van der Waals surface area contributed by atoms with Gasteiger partial charge >= 0.3 is 6.03 Å². The largest absolute Gasteiger partial charge is 0.494 e. The second-order valence-corrected chi connectivity index (χ2v) is 7.44. The quantitative estimate of drug-likeness (QED) is 0.506. The van der Waals surface area contributed by atoms with Crippen LogP contribution in [-0.2, 0) is 13.0 Å². The molecule has 0 fully saturated rings. The summed E-state index contributed by atoms with van der Waals surface area (Å²) in [6, 6.07) is 3.97. The molecular formula is C23H21F2N5O5. The van der Waals surface area contributed by atoms with E-state index in [4.69, 9.17) is 14.2 Å². The number of aryl methyl sites for hydroxylation is 1. The first-order chi connectivity index (χ1) is 16.9. The van der Waals surface area contributed by atoms with Crippen molar-refractivity contribution in [3.05, 3.63) is 59.0 Å². The van der Waals surface area contributed by atoms with Crippen LogP contribution in [0.5, 0.6) is 17.2 Å². The number of ether oxygens (including phenoxy) is 3. The van der Waals surface area contributed by atoms with Crippen molar-refractivity contribution in [1.82, 2.24) is 15.0 Å². The molecule has 0 unspecified atom stereocenters. The molecule has 4 rings (SSSR count). The fourth-order valence-corrected chi connectivity index (χ4v) is 3.55. The summed E-state index contributed by atoms with van der Waals surface area (Å²) in [5.41, 5.74) is 0.697. The van der Waals surface area contributed by atoms with Crippen LogP contribution < -0.4 is 24.4 Å². The lowest BCUT2D eigenvalue weighted by molar-refractivity contribution is 0.111. The Balaban J connectivity index is 1.44. The van der Waals surface area contributed by atoms with Gasteiger partial charge in [-0.25, -0.2) is 28.5 Å². The summed E-state index contributed by atoms with van der Waals surface area (Å²) in [7, 11) is 2.50. The number of carbonyl (C=O) groups is 2. The maximum absolute atomic E-state index is 14.5. The monoisotopic (exact) mass is 485 g/mol. The number of anilines is 2. The van der Waals surface area contributed by atoms with Crippen LogP contribution in [0.1, 0.15) is 28.0 Å². The summed E-state index contributed by atoms with van der Waals surface area (Å²) in [4.78, 5) is 37.6. The Hall–Kier alpha value is -4.35. The van der Waals surface area contributed by atoms with Gasteiger partial charge in [-0.2, -0.15) is 0 Å². The first-order valence-corrected chi connectivity index (χ1v) is 10.5. The van der Waals surface area contributed by atoms with Crippen LogP contribution in [-0.4, -0.2) is 48.0 Å². The molecule has 3 heterocycles. The zero-order valence-corrected chi connectivity index (χ0v) is 18.9. The van der Waals surface area contributed by atoms with E-state index in [0.717, 1.165) is 24.5 Å². The van der Waals surface area contributed by atoms with Crippen LogP contribution in [0.2, 0.25) is 0 Å². The fourth-order valence-electron chi connectivity index (χ4n) is 3.55. The third-order valence-corrected chi connectivity index (χ3v) is 5.32. The Bertz CT molecular complexity index is 1230. The van der Waals surface area contributed by atoms with Gasteiger partial charge in [0.2, 0.25) is 5.95 Å². The molecule has 0 atom stereocenters. The SMILES string of the molecule is COc1cc(OC)c(F)c(COc2cnc(NC(=O)N3CCCc4ccc(C=O)nc43)nc2)c1F. The highest BCUT2D eigenvalue weighted by Gasteiger charge is 2.25. The number of nitrogens with zero attached hydrogens (tertiary/aromatic N) is 4. The van der Waals surface area contributed by atoms with Crippen LogP contribution in [0.15, 0.2) is 30.6 Å². The minimum absolute atomic E-state index is 0.0126. The molecule has 1 aliphatic rings. The van der Waals surface area contributed by atoms with Crippen molar-refractivity contribution < 1.29 is 32.6 Å². The summed E-state index contributed by atoms with van der Waals surface area (Å²) in [5, 5.41) is 2.57. The second kappa shape index (κ2) is 10.3. The molecule has 1 N–H and O–H groups in total. The molecule has 0 saturated carbocycles. The highest BCUT2D eigenvalue weighted by Crippen LogP contribution is 2.32. The first-order valence-electron chi connectivity index (χ1n) is 10.5. The fraction of sp³-hybridized carbons (Fsp3) is 0.261. The number of halogens is 2. The molecule has 2 aromatic heterocycles. The van der Waals surface area contributed by atoms with Crippen molar-refractivity contribution in [1.29, 1.82) is 0 Å². The summed E-state index contributed by atoms with van der Waals surface area (Å²) < 4.78 is 44.2. The second-order valence-electron chi connectivity index (χ2n) is 7.44. The number of rotatable bonds is 7. The predicted octanol–water partition coefficient (Wildman–Crippen LogP) is 3.54. The number of aromatic nitrogens is 3. The van der Waals surface area contributed by atoms with E-state index in [0.29, 0.717) is 18.6 Å². The maximum atomic E-state index is 14.5. The first kappa shape index (κ1) is 23.8. The number of hydrogen-bond acceptors (Lipinski definition) is 8. The van der Waals surface area contributed by atoms with Crippen LogP contribution in [0.4, 0.5) is 25.3 Å². The Kier molecular flexibility index (Phi) is 6.99. The molecule has 0 spiro atoms. The number of pyridine rings is 1. The molecule has 1 aliphatic heterocycles. The lowest BCUT2D eigenvalue weighted by Crippen LogP contribution is -2.39. The average molecular weight is 485 g/mol. The smallest absolute Gasteiger partial charge is 0.329 e. The molecule has 182 valence electrons. The van der Waals surface area contributed by atoms with Gasteiger partial charge in [-0.1, -0.05) is 6.07 Å². The van der Waals surface area contributed by atoms with Crippen molar-refractivity contribution in [2.75, 3.05) is 31.0 Å². The number of hydrogen-bond donors (Lipinski definition) is 1. The molecule has 10 nitrogen and oxygen atoms in total. The molecular weight excluding hydrogens is 464 g/mol. The molecule has 0 saturated heterocycles. The van der Waals surface area contributed by atoms with Gasteiger partial charge in [0.05, 0.1) is 32.2 Å². The normalized spacial score (nSPS) is 12.5. The number of amides is 2. The Morgan fingerprint density at radius 3 is 2.46 bits per heavy atom. The molecule has 0 aliphatic carbocycles. The van der Waals surface area contributed by atoms with Crippen LogP contribution >= 0.6 is 0 Å². The van der Waals surface area contributed by atoms with E-state index >= 15 is 0 Å². The van der Waals surface area contributed by atoms with Crippen molar-refractivity contribution in [3.8, 4) is 17.2 Å². The summed E-state index contributed by atoms with van der Waals surface area (Å²) >= 11 is 0. The average Bonchev–Trinajstić information content (AvgIpc) is 2.89. The Labute approximate surface area is 198 Å². The van der Waals surface area contributed by atoms with E-state index in [9.17, 15) is 18.4 Å². The summed E-state index contributed by atoms with van der Waals surface area (Å²) in [6.07, 6.45) is 4.60. The topological polar surface area (TPSA) is 116 Å². The van der Waals surface area contributed by atoms with Crippen LogP contribution in [0.25, 0.3) is 0 Å². The molecule has 2 amide bonds. The molecule has 35 heavy (non-hydrogen) atoms. The minimum Gasteiger partial charge on any atom is -0.494 e. The highest BCUT2D eigenvalue weighted by atomic mass is 19.1. The summed E-state index contributed by atoms with van der Waals surface area (Å²) in [6.45, 7) is -0.0634. The Morgan fingerprint density at radius 1 is 1.14 bits per heavy atom. The van der Waals surface area contributed by atoms with Gasteiger partial charge in [-0.3, -0.25) is 15.0 Å². The highest BCUT2D eigenvalue weighted by molar-refractivity contribution is 6.01. The molecule has 0 bridgehead atoms. The van der Waals surface area contributed by atoms with E-state index in [1.807, 2.05) is 0 Å². The number of fused-ring (bicyclic) bond motifs is 1. The number of benzene rings is 1. The number of methoxy groups -OCH3 is 2. The van der Waals surface area contributed by atoms with E-state index in [-0.39, 0.29) is 34.5 Å². The van der Waals surface area contributed by atoms with E-state index in [1.165, 1.54) is 31.5 Å². The van der Waals surface area contributed by atoms with Crippen molar-refractivity contribution in [2.24, 2.45) is 0 Å². The number of urea groups is 1. The number of carbonyl (C=O) groups excluding carboxylic acids is 2. The van der Waals surface area contributed by atoms with E-state index in [1.54, 1.807) is 12.1 Å². The standard InChI is InChI=1S/C23H21F2N5O5/c1-33-17-8-18(34-2)20(25)16(19(17)24)12-35-15-9-26-22(27-10-15)29-23(32)30-7-3-4-13-5-6-14(11-31)28-21(13)30/h5-6,8-11H,3-4,7,12H2,1-2H3,(H,26,27,29,32). The van der Waals surface area contributed by atoms with Gasteiger partial charge in [0, 0.05) is 12.6 Å². The van der Waals surface area contributed by atoms with Crippen molar-refractivity contribution >= 4 is 24.1 Å². The van der Waals surface area contributed by atoms with Crippen LogP contribution in [0.3, 0.4) is 0 Å². The van der Waals surface area contributed by atoms with Gasteiger partial charge in [0.1, 0.15) is 18.1 Å². The van der Waals surface area contributed by atoms with E-state index < -0.39 is 24.3 Å². The van der Waals surface area contributed by atoms with E-state index in [2.05, 4.69) is 20.3 Å². The minimum atomic E-state index is -0.913. The van der Waals surface area contributed by atoms with Crippen molar-refractivity contribution in [3.63, 3.8) is 0 Å². The van der Waals surface area contributed by atoms with Gasteiger partial charge in [-0.05, 0) is 24.5 Å². The summed E-state index contributed by atoms with van der Waals surface area (Å²) in [5.74, 6) is -1.69. The van der Waals surface area contributed by atoms with Gasteiger partial charge in [0.15, 0.2) is 35.2 Å². The molecule has 12 heteroatoms. The zero-order chi connectivity index (χ0) is 24.9.